The monoisotopic (exact) mass is 231 g/mol. The molecule has 4 heteroatoms. The van der Waals surface area contributed by atoms with Crippen LogP contribution in [0.15, 0.2) is 12.1 Å². The number of hydrogen-bond acceptors (Lipinski definition) is 2. The van der Waals surface area contributed by atoms with Gasteiger partial charge in [-0.25, -0.2) is 0 Å². The molecular weight excluding hydrogens is 221 g/mol. The lowest BCUT2D eigenvalue weighted by molar-refractivity contribution is 0.457. The van der Waals surface area contributed by atoms with E-state index < -0.39 is 0 Å². The molecule has 0 radical (unpaired) electrons. The van der Waals surface area contributed by atoms with E-state index in [4.69, 9.17) is 23.2 Å². The van der Waals surface area contributed by atoms with Gasteiger partial charge in [-0.15, -0.1) is 0 Å². The Morgan fingerprint density at radius 2 is 2.14 bits per heavy atom. The molecule has 0 unspecified atom stereocenters. The van der Waals surface area contributed by atoms with Crippen LogP contribution in [0.4, 0.5) is 0 Å². The van der Waals surface area contributed by atoms with E-state index in [2.05, 4.69) is 5.32 Å². The standard InChI is InChI=1S/C10H11Cl2NO/c11-6-4-7(12)10(9(14)5-6)8-2-1-3-13-8/h4-5,8,13-14H,1-3H2/t8-/m1/s1. The van der Waals surface area contributed by atoms with E-state index in [1.54, 1.807) is 6.07 Å². The van der Waals surface area contributed by atoms with Crippen molar-refractivity contribution in [2.24, 2.45) is 0 Å². The average molecular weight is 232 g/mol. The van der Waals surface area contributed by atoms with Gasteiger partial charge >= 0.3 is 0 Å². The van der Waals surface area contributed by atoms with Gasteiger partial charge in [-0.1, -0.05) is 23.2 Å². The van der Waals surface area contributed by atoms with Gasteiger partial charge in [0, 0.05) is 16.6 Å². The molecule has 0 spiro atoms. The molecule has 0 amide bonds. The molecule has 2 N–H and O–H groups in total. The second kappa shape index (κ2) is 3.97. The fourth-order valence-electron chi connectivity index (χ4n) is 1.85. The number of halogens is 2. The number of hydrogen-bond donors (Lipinski definition) is 2. The largest absolute Gasteiger partial charge is 0.508 e. The summed E-state index contributed by atoms with van der Waals surface area (Å²) in [5.41, 5.74) is 0.772. The quantitative estimate of drug-likeness (QED) is 0.779. The van der Waals surface area contributed by atoms with Crippen LogP contribution < -0.4 is 5.32 Å². The Morgan fingerprint density at radius 1 is 1.36 bits per heavy atom. The number of phenolic OH excluding ortho intramolecular Hbond substituents is 1. The zero-order valence-corrected chi connectivity index (χ0v) is 9.07. The van der Waals surface area contributed by atoms with Crippen molar-refractivity contribution in [2.45, 2.75) is 18.9 Å². The highest BCUT2D eigenvalue weighted by Gasteiger charge is 2.22. The van der Waals surface area contributed by atoms with E-state index in [1.807, 2.05) is 0 Å². The van der Waals surface area contributed by atoms with E-state index >= 15 is 0 Å². The Bertz CT molecular complexity index is 325. The molecule has 0 aromatic heterocycles. The van der Waals surface area contributed by atoms with Crippen molar-refractivity contribution in [3.8, 4) is 5.75 Å². The van der Waals surface area contributed by atoms with Crippen LogP contribution in [0.5, 0.6) is 5.75 Å². The summed E-state index contributed by atoms with van der Waals surface area (Å²) in [5, 5.41) is 14.0. The van der Waals surface area contributed by atoms with E-state index in [0.29, 0.717) is 10.0 Å². The molecule has 1 aliphatic heterocycles. The number of phenols is 1. The second-order valence-corrected chi connectivity index (χ2v) is 4.31. The molecule has 1 fully saturated rings. The molecule has 1 atom stereocenters. The predicted molar refractivity (Wildman–Crippen MR) is 58.1 cm³/mol. The fourth-order valence-corrected chi connectivity index (χ4v) is 2.46. The SMILES string of the molecule is Oc1cc(Cl)cc(Cl)c1[C@H]1CCCN1. The van der Waals surface area contributed by atoms with Crippen LogP contribution in [0.3, 0.4) is 0 Å². The molecule has 1 aromatic rings. The van der Waals surface area contributed by atoms with Crippen LogP contribution in [-0.4, -0.2) is 11.7 Å². The lowest BCUT2D eigenvalue weighted by Gasteiger charge is -2.14. The summed E-state index contributed by atoms with van der Waals surface area (Å²) in [5.74, 6) is 0.182. The van der Waals surface area contributed by atoms with Crippen LogP contribution in [0, 0.1) is 0 Å². The van der Waals surface area contributed by atoms with E-state index in [1.165, 1.54) is 6.07 Å². The van der Waals surface area contributed by atoms with Crippen LogP contribution >= 0.6 is 23.2 Å². The Morgan fingerprint density at radius 3 is 2.71 bits per heavy atom. The molecule has 2 nitrogen and oxygen atoms in total. The summed E-state index contributed by atoms with van der Waals surface area (Å²) in [6, 6.07) is 3.36. The van der Waals surface area contributed by atoms with Gasteiger partial charge in [-0.3, -0.25) is 0 Å². The maximum Gasteiger partial charge on any atom is 0.123 e. The number of benzene rings is 1. The third-order valence-corrected chi connectivity index (χ3v) is 3.01. The minimum Gasteiger partial charge on any atom is -0.508 e. The van der Waals surface area contributed by atoms with Gasteiger partial charge in [0.05, 0.1) is 5.02 Å². The van der Waals surface area contributed by atoms with Crippen LogP contribution in [0.2, 0.25) is 10.0 Å². The summed E-state index contributed by atoms with van der Waals surface area (Å²) in [6.07, 6.45) is 2.12. The Balaban J connectivity index is 2.40. The van der Waals surface area contributed by atoms with Crippen LogP contribution in [0.1, 0.15) is 24.4 Å². The lowest BCUT2D eigenvalue weighted by atomic mass is 10.0. The summed E-state index contributed by atoms with van der Waals surface area (Å²) in [7, 11) is 0. The fraction of sp³-hybridized carbons (Fsp3) is 0.400. The highest BCUT2D eigenvalue weighted by atomic mass is 35.5. The predicted octanol–water partition coefficient (Wildman–Crippen LogP) is 3.12. The topological polar surface area (TPSA) is 32.3 Å². The molecule has 0 aliphatic carbocycles. The maximum absolute atomic E-state index is 9.72. The Labute approximate surface area is 92.8 Å². The minimum absolute atomic E-state index is 0.166. The van der Waals surface area contributed by atoms with Crippen molar-refractivity contribution in [2.75, 3.05) is 6.54 Å². The van der Waals surface area contributed by atoms with Crippen molar-refractivity contribution < 1.29 is 5.11 Å². The molecule has 1 saturated heterocycles. The molecule has 1 aromatic carbocycles. The average Bonchev–Trinajstić information content (AvgIpc) is 2.54. The molecule has 76 valence electrons. The van der Waals surface area contributed by atoms with Crippen molar-refractivity contribution >= 4 is 23.2 Å². The number of aromatic hydroxyl groups is 1. The van der Waals surface area contributed by atoms with Gasteiger partial charge in [0.1, 0.15) is 5.75 Å². The van der Waals surface area contributed by atoms with Crippen LogP contribution in [-0.2, 0) is 0 Å². The maximum atomic E-state index is 9.72. The third kappa shape index (κ3) is 1.83. The third-order valence-electron chi connectivity index (χ3n) is 2.48. The highest BCUT2D eigenvalue weighted by molar-refractivity contribution is 6.35. The van der Waals surface area contributed by atoms with Crippen LogP contribution in [0.25, 0.3) is 0 Å². The molecule has 0 saturated carbocycles. The molecular formula is C10H11Cl2NO. The normalized spacial score (nSPS) is 21.4. The van der Waals surface area contributed by atoms with Gasteiger partial charge in [-0.2, -0.15) is 0 Å². The summed E-state index contributed by atoms with van der Waals surface area (Å²) >= 11 is 11.8. The first-order valence-electron chi connectivity index (χ1n) is 4.60. The molecule has 1 heterocycles. The second-order valence-electron chi connectivity index (χ2n) is 3.47. The van der Waals surface area contributed by atoms with Crippen molar-refractivity contribution in [1.29, 1.82) is 0 Å². The molecule has 0 bridgehead atoms. The van der Waals surface area contributed by atoms with Gasteiger partial charge in [0.25, 0.3) is 0 Å². The van der Waals surface area contributed by atoms with Gasteiger partial charge in [0.15, 0.2) is 0 Å². The van der Waals surface area contributed by atoms with Gasteiger partial charge in [0.2, 0.25) is 0 Å². The van der Waals surface area contributed by atoms with E-state index in [0.717, 1.165) is 24.9 Å². The smallest absolute Gasteiger partial charge is 0.123 e. The molecule has 2 rings (SSSR count). The molecule has 1 aliphatic rings. The number of rotatable bonds is 1. The first-order valence-corrected chi connectivity index (χ1v) is 5.35. The summed E-state index contributed by atoms with van der Waals surface area (Å²) in [4.78, 5) is 0. The van der Waals surface area contributed by atoms with Crippen molar-refractivity contribution in [3.63, 3.8) is 0 Å². The summed E-state index contributed by atoms with van der Waals surface area (Å²) in [6.45, 7) is 0.975. The van der Waals surface area contributed by atoms with Crippen molar-refractivity contribution in [1.82, 2.24) is 5.32 Å². The zero-order chi connectivity index (χ0) is 10.1. The lowest BCUT2D eigenvalue weighted by Crippen LogP contribution is -2.13. The summed E-state index contributed by atoms with van der Waals surface area (Å²) < 4.78 is 0. The molecule has 14 heavy (non-hydrogen) atoms. The Kier molecular flexibility index (Phi) is 2.86. The van der Waals surface area contributed by atoms with E-state index in [9.17, 15) is 5.11 Å². The van der Waals surface area contributed by atoms with E-state index in [-0.39, 0.29) is 11.8 Å². The zero-order valence-electron chi connectivity index (χ0n) is 7.56. The Hall–Kier alpha value is -0.440. The first-order chi connectivity index (χ1) is 6.68. The highest BCUT2D eigenvalue weighted by Crippen LogP contribution is 2.37. The van der Waals surface area contributed by atoms with Gasteiger partial charge in [-0.05, 0) is 31.5 Å². The first kappa shape index (κ1) is 10.1. The minimum atomic E-state index is 0.166. The number of nitrogens with one attached hydrogen (secondary N) is 1. The van der Waals surface area contributed by atoms with Gasteiger partial charge < -0.3 is 10.4 Å². The van der Waals surface area contributed by atoms with Crippen molar-refractivity contribution in [3.05, 3.63) is 27.7 Å².